The van der Waals surface area contributed by atoms with Gasteiger partial charge in [-0.1, -0.05) is 29.3 Å². The van der Waals surface area contributed by atoms with Crippen molar-refractivity contribution in [3.8, 4) is 16.9 Å². The number of benzene rings is 1. The highest BCUT2D eigenvalue weighted by Crippen LogP contribution is 2.34. The van der Waals surface area contributed by atoms with E-state index in [-0.39, 0.29) is 23.7 Å². The van der Waals surface area contributed by atoms with Crippen molar-refractivity contribution >= 4 is 35.1 Å². The van der Waals surface area contributed by atoms with Crippen LogP contribution in [0.5, 0.6) is 0 Å². The summed E-state index contributed by atoms with van der Waals surface area (Å²) in [5.74, 6) is 0.136. The topological polar surface area (TPSA) is 84.7 Å². The summed E-state index contributed by atoms with van der Waals surface area (Å²) in [4.78, 5) is 20.1. The predicted molar refractivity (Wildman–Crippen MR) is 122 cm³/mol. The molecule has 0 aliphatic heterocycles. The second-order valence-electron chi connectivity index (χ2n) is 7.01. The van der Waals surface area contributed by atoms with Gasteiger partial charge in [-0.2, -0.15) is 18.3 Å². The van der Waals surface area contributed by atoms with Gasteiger partial charge < -0.3 is 5.32 Å². The van der Waals surface area contributed by atoms with Crippen LogP contribution in [0.3, 0.4) is 0 Å². The number of halogens is 5. The number of urea groups is 1. The molecule has 34 heavy (non-hydrogen) atoms. The standard InChI is InChI=1S/C22H15Cl2F3N6O/c23-15-4-3-13(17(24)8-15)11-30-21(34)31-20-6-5-16(12-29-20)33-19(22(25,26)27)9-18(32-33)14-2-1-7-28-10-14/h1-10,12H,11H2,(H2,29,30,31,34). The molecule has 7 nitrogen and oxygen atoms in total. The monoisotopic (exact) mass is 506 g/mol. The Balaban J connectivity index is 1.49. The minimum absolute atomic E-state index is 0.0707. The summed E-state index contributed by atoms with van der Waals surface area (Å²) >= 11 is 11.9. The van der Waals surface area contributed by atoms with E-state index < -0.39 is 17.9 Å². The lowest BCUT2D eigenvalue weighted by molar-refractivity contribution is -0.142. The van der Waals surface area contributed by atoms with Gasteiger partial charge in [-0.3, -0.25) is 10.3 Å². The van der Waals surface area contributed by atoms with Gasteiger partial charge in [-0.15, -0.1) is 0 Å². The molecule has 0 unspecified atom stereocenters. The fourth-order valence-electron chi connectivity index (χ4n) is 3.02. The normalized spacial score (nSPS) is 11.3. The van der Waals surface area contributed by atoms with E-state index in [4.69, 9.17) is 23.2 Å². The lowest BCUT2D eigenvalue weighted by Crippen LogP contribution is -2.28. The zero-order valence-electron chi connectivity index (χ0n) is 17.1. The van der Waals surface area contributed by atoms with Crippen LogP contribution in [0.4, 0.5) is 23.8 Å². The first-order valence-corrected chi connectivity index (χ1v) is 10.5. The molecule has 174 valence electrons. The Kier molecular flexibility index (Phi) is 6.71. The number of carbonyl (C=O) groups is 1. The van der Waals surface area contributed by atoms with Crippen molar-refractivity contribution in [2.75, 3.05) is 5.32 Å². The molecule has 0 fully saturated rings. The third-order valence-corrected chi connectivity index (χ3v) is 5.23. The second-order valence-corrected chi connectivity index (χ2v) is 7.85. The van der Waals surface area contributed by atoms with E-state index in [0.717, 1.165) is 10.7 Å². The van der Waals surface area contributed by atoms with Gasteiger partial charge in [0.15, 0.2) is 0 Å². The number of aromatic nitrogens is 4. The van der Waals surface area contributed by atoms with Crippen LogP contribution < -0.4 is 10.6 Å². The lowest BCUT2D eigenvalue weighted by Gasteiger charge is -2.11. The van der Waals surface area contributed by atoms with Crippen LogP contribution in [0, 0.1) is 0 Å². The number of pyridine rings is 2. The van der Waals surface area contributed by atoms with Crippen LogP contribution in [-0.4, -0.2) is 25.8 Å². The van der Waals surface area contributed by atoms with Gasteiger partial charge in [0.2, 0.25) is 0 Å². The minimum Gasteiger partial charge on any atom is -0.334 e. The summed E-state index contributed by atoms with van der Waals surface area (Å²) in [6.07, 6.45) is -0.525. The average Bonchev–Trinajstić information content (AvgIpc) is 3.26. The molecule has 0 aliphatic carbocycles. The highest BCUT2D eigenvalue weighted by atomic mass is 35.5. The van der Waals surface area contributed by atoms with E-state index in [2.05, 4.69) is 25.7 Å². The first-order valence-electron chi connectivity index (χ1n) is 9.73. The molecule has 0 spiro atoms. The molecule has 4 aromatic rings. The first kappa shape index (κ1) is 23.5. The molecule has 2 amide bonds. The van der Waals surface area contributed by atoms with Gasteiger partial charge in [0, 0.05) is 34.5 Å². The van der Waals surface area contributed by atoms with Gasteiger partial charge in [-0.25, -0.2) is 14.5 Å². The summed E-state index contributed by atoms with van der Waals surface area (Å²) < 4.78 is 41.6. The maximum Gasteiger partial charge on any atom is 0.433 e. The molecule has 4 rings (SSSR count). The second kappa shape index (κ2) is 9.70. The van der Waals surface area contributed by atoms with Crippen LogP contribution in [0.1, 0.15) is 11.3 Å². The molecule has 0 saturated heterocycles. The summed E-state index contributed by atoms with van der Waals surface area (Å²) in [6.45, 7) is 0.138. The molecular weight excluding hydrogens is 492 g/mol. The summed E-state index contributed by atoms with van der Waals surface area (Å²) in [5.41, 5.74) is 0.318. The minimum atomic E-state index is -4.65. The number of alkyl halides is 3. The molecule has 3 aromatic heterocycles. The van der Waals surface area contributed by atoms with Crippen molar-refractivity contribution < 1.29 is 18.0 Å². The zero-order valence-corrected chi connectivity index (χ0v) is 18.7. The predicted octanol–water partition coefficient (Wildman–Crippen LogP) is 5.98. The van der Waals surface area contributed by atoms with Gasteiger partial charge in [-0.05, 0) is 48.0 Å². The van der Waals surface area contributed by atoms with E-state index in [9.17, 15) is 18.0 Å². The highest BCUT2D eigenvalue weighted by molar-refractivity contribution is 6.35. The number of amides is 2. The SMILES string of the molecule is O=C(NCc1ccc(Cl)cc1Cl)Nc1ccc(-n2nc(-c3cccnc3)cc2C(F)(F)F)cn1. The third-order valence-electron chi connectivity index (χ3n) is 4.65. The van der Waals surface area contributed by atoms with Crippen molar-refractivity contribution in [3.05, 3.63) is 88.4 Å². The maximum absolute atomic E-state index is 13.6. The van der Waals surface area contributed by atoms with Crippen molar-refractivity contribution in [1.29, 1.82) is 0 Å². The molecule has 2 N–H and O–H groups in total. The van der Waals surface area contributed by atoms with Crippen molar-refractivity contribution in [3.63, 3.8) is 0 Å². The Hall–Kier alpha value is -3.63. The quantitative estimate of drug-likeness (QED) is 0.348. The molecule has 1 aromatic carbocycles. The Bertz CT molecular complexity index is 1310. The smallest absolute Gasteiger partial charge is 0.334 e. The van der Waals surface area contributed by atoms with E-state index in [1.807, 2.05) is 0 Å². The zero-order chi connectivity index (χ0) is 24.3. The molecule has 12 heteroatoms. The number of hydrogen-bond donors (Lipinski definition) is 2. The number of anilines is 1. The fraction of sp³-hybridized carbons (Fsp3) is 0.0909. The molecule has 0 atom stereocenters. The average molecular weight is 507 g/mol. The largest absolute Gasteiger partial charge is 0.433 e. The summed E-state index contributed by atoms with van der Waals surface area (Å²) in [7, 11) is 0. The lowest BCUT2D eigenvalue weighted by atomic mass is 10.2. The number of rotatable bonds is 5. The van der Waals surface area contributed by atoms with E-state index in [1.165, 1.54) is 30.7 Å². The van der Waals surface area contributed by atoms with Crippen LogP contribution in [0.2, 0.25) is 10.0 Å². The first-order chi connectivity index (χ1) is 16.2. The molecule has 0 saturated carbocycles. The number of carbonyl (C=O) groups excluding carboxylic acids is 1. The summed E-state index contributed by atoms with van der Waals surface area (Å²) in [6, 6.07) is 11.2. The number of nitrogens with zero attached hydrogens (tertiary/aromatic N) is 4. The number of hydrogen-bond acceptors (Lipinski definition) is 4. The third kappa shape index (κ3) is 5.46. The number of nitrogens with one attached hydrogen (secondary N) is 2. The molecule has 0 aliphatic rings. The molecule has 0 bridgehead atoms. The van der Waals surface area contributed by atoms with Crippen molar-refractivity contribution in [2.45, 2.75) is 12.7 Å². The van der Waals surface area contributed by atoms with Gasteiger partial charge in [0.05, 0.1) is 17.6 Å². The van der Waals surface area contributed by atoms with E-state index in [1.54, 1.807) is 30.3 Å². The van der Waals surface area contributed by atoms with Gasteiger partial charge in [0.25, 0.3) is 0 Å². The Morgan fingerprint density at radius 1 is 1.06 bits per heavy atom. The van der Waals surface area contributed by atoms with Gasteiger partial charge in [0.1, 0.15) is 11.5 Å². The van der Waals surface area contributed by atoms with Crippen molar-refractivity contribution in [2.24, 2.45) is 0 Å². The van der Waals surface area contributed by atoms with E-state index >= 15 is 0 Å². The molecule has 3 heterocycles. The maximum atomic E-state index is 13.6. The Morgan fingerprint density at radius 3 is 2.53 bits per heavy atom. The molecule has 0 radical (unpaired) electrons. The van der Waals surface area contributed by atoms with Crippen LogP contribution in [0.25, 0.3) is 16.9 Å². The fourth-order valence-corrected chi connectivity index (χ4v) is 3.50. The molecular formula is C22H15Cl2F3N6O. The van der Waals surface area contributed by atoms with Crippen LogP contribution >= 0.6 is 23.2 Å². The Morgan fingerprint density at radius 2 is 1.88 bits per heavy atom. The Labute approximate surface area is 201 Å². The van der Waals surface area contributed by atoms with Crippen LogP contribution in [0.15, 0.2) is 67.1 Å². The van der Waals surface area contributed by atoms with E-state index in [0.29, 0.717) is 21.2 Å². The highest BCUT2D eigenvalue weighted by Gasteiger charge is 2.36. The van der Waals surface area contributed by atoms with Gasteiger partial charge >= 0.3 is 12.2 Å². The van der Waals surface area contributed by atoms with Crippen molar-refractivity contribution in [1.82, 2.24) is 25.1 Å². The summed E-state index contributed by atoms with van der Waals surface area (Å²) in [5, 5.41) is 10.1. The van der Waals surface area contributed by atoms with Crippen LogP contribution in [-0.2, 0) is 12.7 Å².